The van der Waals surface area contributed by atoms with Gasteiger partial charge in [-0.2, -0.15) is 0 Å². The van der Waals surface area contributed by atoms with Crippen molar-refractivity contribution in [1.82, 2.24) is 9.88 Å². The average Bonchev–Trinajstić information content (AvgIpc) is 3.67. The number of ether oxygens (including phenoxy) is 2. The number of rotatable bonds is 9. The van der Waals surface area contributed by atoms with E-state index in [9.17, 15) is 14.7 Å². The molecule has 1 N–H and O–H groups in total. The number of aryl methyl sites for hydroxylation is 2. The molecule has 6 rings (SSSR count). The summed E-state index contributed by atoms with van der Waals surface area (Å²) in [6.45, 7) is 10.00. The highest BCUT2D eigenvalue weighted by atomic mass is 32.1. The first-order valence-electron chi connectivity index (χ1n) is 15.5. The number of likely N-dealkylation sites (tertiary alicyclic amines) is 1. The largest absolute Gasteiger partial charge is 0.488 e. The molecule has 1 aliphatic carbocycles. The van der Waals surface area contributed by atoms with E-state index < -0.39 is 5.97 Å². The molecule has 9 heteroatoms. The summed E-state index contributed by atoms with van der Waals surface area (Å²) < 4.78 is 12.1. The highest BCUT2D eigenvalue weighted by Gasteiger charge is 2.44. The summed E-state index contributed by atoms with van der Waals surface area (Å²) in [7, 11) is 0. The van der Waals surface area contributed by atoms with E-state index in [0.717, 1.165) is 84.1 Å². The Balaban J connectivity index is 1.14. The molecule has 4 atom stereocenters. The van der Waals surface area contributed by atoms with E-state index in [1.54, 1.807) is 11.3 Å². The minimum Gasteiger partial charge on any atom is -0.488 e. The van der Waals surface area contributed by atoms with E-state index in [1.165, 1.54) is 0 Å². The molecule has 3 aromatic rings. The summed E-state index contributed by atoms with van der Waals surface area (Å²) in [5.41, 5.74) is 5.69. The Morgan fingerprint density at radius 3 is 2.56 bits per heavy atom. The third kappa shape index (κ3) is 6.29. The van der Waals surface area contributed by atoms with E-state index in [2.05, 4.69) is 23.3 Å². The molecule has 1 amide bonds. The number of hydrogen-bond donors (Lipinski definition) is 1. The topological polar surface area (TPSA) is 92.2 Å². The summed E-state index contributed by atoms with van der Waals surface area (Å²) in [6, 6.07) is 12.0. The molecule has 3 heterocycles. The maximum absolute atomic E-state index is 13.1. The minimum absolute atomic E-state index is 0.0498. The van der Waals surface area contributed by atoms with Crippen LogP contribution in [0.1, 0.15) is 59.7 Å². The lowest BCUT2D eigenvalue weighted by Crippen LogP contribution is -2.51. The van der Waals surface area contributed by atoms with Crippen LogP contribution in [0.4, 0.5) is 5.13 Å². The number of thiazole rings is 1. The number of carbonyl (C=O) groups excluding carboxylic acids is 1. The lowest BCUT2D eigenvalue weighted by molar-refractivity contribution is -0.148. The number of aliphatic carboxylic acids is 1. The molecular weight excluding hydrogens is 562 g/mol. The molecule has 3 aliphatic rings. The SMILES string of the molecule is CCOC1CCN(C(=O)c2ccc(COc3ccc(C)cc3-c3csc(N4C[C@H]5CCC[C@@H](C4)[C@H]5C(=O)O)n3)c(C)c2)C1. The molecule has 8 nitrogen and oxygen atoms in total. The normalized spacial score (nSPS) is 23.4. The van der Waals surface area contributed by atoms with Crippen LogP contribution in [0.15, 0.2) is 41.8 Å². The molecule has 0 radical (unpaired) electrons. The predicted octanol–water partition coefficient (Wildman–Crippen LogP) is 6.19. The second kappa shape index (κ2) is 12.7. The van der Waals surface area contributed by atoms with E-state index >= 15 is 0 Å². The standard InChI is InChI=1S/C34H41N3O5S/c1-4-41-27-12-13-36(18-27)32(38)23-9-10-26(22(3)15-23)19-42-30-11-8-21(2)14-28(30)29-20-43-34(35-29)37-16-24-6-5-7-25(17-37)31(24)33(39)40/h8-11,14-15,20,24-25,27,31H,4-7,12-13,16-19H2,1-3H3,(H,39,40)/t24-,25+,27?,31+. The summed E-state index contributed by atoms with van der Waals surface area (Å²) in [6.07, 6.45) is 4.07. The molecule has 2 bridgehead atoms. The van der Waals surface area contributed by atoms with E-state index in [-0.39, 0.29) is 29.8 Å². The number of benzene rings is 2. The van der Waals surface area contributed by atoms with Crippen molar-refractivity contribution < 1.29 is 24.2 Å². The lowest BCUT2D eigenvalue weighted by atomic mass is 9.69. The Hall–Kier alpha value is -3.43. The minimum atomic E-state index is -0.644. The number of fused-ring (bicyclic) bond motifs is 2. The number of aromatic nitrogens is 1. The quantitative estimate of drug-likeness (QED) is 0.312. The number of nitrogens with zero attached hydrogens (tertiary/aromatic N) is 3. The molecule has 1 saturated carbocycles. The van der Waals surface area contributed by atoms with Crippen molar-refractivity contribution in [2.45, 2.75) is 59.2 Å². The van der Waals surface area contributed by atoms with Gasteiger partial charge in [0.05, 0.1) is 17.7 Å². The monoisotopic (exact) mass is 603 g/mol. The van der Waals surface area contributed by atoms with Crippen LogP contribution in [0.5, 0.6) is 5.75 Å². The number of carboxylic acids is 1. The van der Waals surface area contributed by atoms with Gasteiger partial charge in [0, 0.05) is 49.3 Å². The molecule has 43 heavy (non-hydrogen) atoms. The van der Waals surface area contributed by atoms with Gasteiger partial charge in [0.1, 0.15) is 12.4 Å². The Morgan fingerprint density at radius 1 is 1.05 bits per heavy atom. The number of hydrogen-bond acceptors (Lipinski definition) is 7. The Morgan fingerprint density at radius 2 is 1.84 bits per heavy atom. The van der Waals surface area contributed by atoms with E-state index in [4.69, 9.17) is 14.5 Å². The average molecular weight is 604 g/mol. The fraction of sp³-hybridized carbons (Fsp3) is 0.500. The first-order chi connectivity index (χ1) is 20.8. The van der Waals surface area contributed by atoms with Crippen molar-refractivity contribution in [3.63, 3.8) is 0 Å². The van der Waals surface area contributed by atoms with Gasteiger partial charge in [-0.1, -0.05) is 24.1 Å². The van der Waals surface area contributed by atoms with Gasteiger partial charge in [0.25, 0.3) is 5.91 Å². The van der Waals surface area contributed by atoms with Gasteiger partial charge in [-0.25, -0.2) is 4.98 Å². The van der Waals surface area contributed by atoms with Gasteiger partial charge in [-0.05, 0) is 87.3 Å². The zero-order valence-electron chi connectivity index (χ0n) is 25.3. The molecule has 228 valence electrons. The smallest absolute Gasteiger partial charge is 0.307 e. The second-order valence-electron chi connectivity index (χ2n) is 12.3. The second-order valence-corrected chi connectivity index (χ2v) is 13.1. The van der Waals surface area contributed by atoms with Crippen LogP contribution in [-0.4, -0.2) is 65.8 Å². The van der Waals surface area contributed by atoms with Crippen LogP contribution in [-0.2, 0) is 16.1 Å². The van der Waals surface area contributed by atoms with Gasteiger partial charge < -0.3 is 24.4 Å². The van der Waals surface area contributed by atoms with Crippen molar-refractivity contribution >= 4 is 28.3 Å². The van der Waals surface area contributed by atoms with Gasteiger partial charge in [-0.15, -0.1) is 11.3 Å². The Labute approximate surface area is 257 Å². The highest BCUT2D eigenvalue weighted by Crippen LogP contribution is 2.43. The highest BCUT2D eigenvalue weighted by molar-refractivity contribution is 7.14. The van der Waals surface area contributed by atoms with Crippen LogP contribution in [0.3, 0.4) is 0 Å². The molecule has 2 aliphatic heterocycles. The first kappa shape index (κ1) is 29.6. The van der Waals surface area contributed by atoms with E-state index in [1.807, 2.05) is 49.1 Å². The number of anilines is 1. The third-order valence-electron chi connectivity index (χ3n) is 9.34. The zero-order valence-corrected chi connectivity index (χ0v) is 26.1. The van der Waals surface area contributed by atoms with Crippen molar-refractivity contribution in [2.24, 2.45) is 17.8 Å². The molecule has 3 fully saturated rings. The summed E-state index contributed by atoms with van der Waals surface area (Å²) >= 11 is 1.62. The maximum Gasteiger partial charge on any atom is 0.307 e. The molecule has 0 spiro atoms. The number of carboxylic acid groups (broad SMARTS) is 1. The van der Waals surface area contributed by atoms with Crippen molar-refractivity contribution in [2.75, 3.05) is 37.7 Å². The number of carbonyl (C=O) groups is 2. The summed E-state index contributed by atoms with van der Waals surface area (Å²) in [5, 5.41) is 12.8. The first-order valence-corrected chi connectivity index (χ1v) is 16.4. The molecule has 1 unspecified atom stereocenters. The van der Waals surface area contributed by atoms with Crippen LogP contribution in [0.25, 0.3) is 11.3 Å². The molecule has 2 saturated heterocycles. The van der Waals surface area contributed by atoms with Crippen LogP contribution in [0, 0.1) is 31.6 Å². The predicted molar refractivity (Wildman–Crippen MR) is 168 cm³/mol. The van der Waals surface area contributed by atoms with Gasteiger partial charge in [0.15, 0.2) is 5.13 Å². The van der Waals surface area contributed by atoms with Gasteiger partial charge in [0.2, 0.25) is 0 Å². The molecule has 1 aromatic heterocycles. The van der Waals surface area contributed by atoms with Crippen molar-refractivity contribution in [3.05, 3.63) is 64.0 Å². The third-order valence-corrected chi connectivity index (χ3v) is 10.2. The Bertz CT molecular complexity index is 1470. The molecular formula is C34H41N3O5S. The van der Waals surface area contributed by atoms with E-state index in [0.29, 0.717) is 25.3 Å². The van der Waals surface area contributed by atoms with Crippen LogP contribution >= 0.6 is 11.3 Å². The van der Waals surface area contributed by atoms with Crippen LogP contribution < -0.4 is 9.64 Å². The fourth-order valence-electron chi connectivity index (χ4n) is 7.11. The zero-order chi connectivity index (χ0) is 30.1. The fourth-order valence-corrected chi connectivity index (χ4v) is 7.96. The van der Waals surface area contributed by atoms with Gasteiger partial charge in [-0.3, -0.25) is 9.59 Å². The Kier molecular flexibility index (Phi) is 8.73. The lowest BCUT2D eigenvalue weighted by Gasteiger charge is -2.45. The summed E-state index contributed by atoms with van der Waals surface area (Å²) in [4.78, 5) is 34.2. The number of amides is 1. The van der Waals surface area contributed by atoms with Crippen molar-refractivity contribution in [3.8, 4) is 17.0 Å². The van der Waals surface area contributed by atoms with Crippen molar-refractivity contribution in [1.29, 1.82) is 0 Å². The maximum atomic E-state index is 13.1. The van der Waals surface area contributed by atoms with Crippen LogP contribution in [0.2, 0.25) is 0 Å². The summed E-state index contributed by atoms with van der Waals surface area (Å²) in [5.74, 6) is 0.306. The number of piperidine rings is 1. The molecule has 2 aromatic carbocycles. The van der Waals surface area contributed by atoms with Gasteiger partial charge >= 0.3 is 5.97 Å².